The van der Waals surface area contributed by atoms with Crippen LogP contribution in [0.4, 0.5) is 0 Å². The lowest BCUT2D eigenvalue weighted by Gasteiger charge is -1.98. The number of hydrogen-bond donors (Lipinski definition) is 1. The van der Waals surface area contributed by atoms with E-state index >= 15 is 0 Å². The molecule has 2 heterocycles. The van der Waals surface area contributed by atoms with E-state index in [-0.39, 0.29) is 5.69 Å². The summed E-state index contributed by atoms with van der Waals surface area (Å²) in [4.78, 5) is 16.4. The first kappa shape index (κ1) is 11.2. The van der Waals surface area contributed by atoms with Crippen LogP contribution in [0.1, 0.15) is 5.69 Å². The highest BCUT2D eigenvalue weighted by Crippen LogP contribution is 2.21. The van der Waals surface area contributed by atoms with E-state index in [1.54, 1.807) is 10.6 Å². The molecule has 3 rings (SSSR count). The van der Waals surface area contributed by atoms with Crippen LogP contribution < -0.4 is 5.69 Å². The van der Waals surface area contributed by atoms with Gasteiger partial charge in [-0.15, -0.1) is 0 Å². The Labute approximate surface area is 111 Å². The number of rotatable bonds is 2. The predicted molar refractivity (Wildman–Crippen MR) is 71.7 cm³/mol. The fourth-order valence-electron chi connectivity index (χ4n) is 1.89. The van der Waals surface area contributed by atoms with Gasteiger partial charge in [0, 0.05) is 10.9 Å². The maximum atomic E-state index is 11.9. The zero-order valence-corrected chi connectivity index (χ0v) is 10.9. The number of aromatic amines is 1. The third kappa shape index (κ3) is 1.65. The van der Waals surface area contributed by atoms with E-state index in [1.807, 2.05) is 30.3 Å². The van der Waals surface area contributed by atoms with Crippen LogP contribution in [-0.2, 0) is 5.33 Å². The number of hydrogen-bond acceptors (Lipinski definition) is 3. The first-order valence-electron chi connectivity index (χ1n) is 5.37. The van der Waals surface area contributed by atoms with Crippen molar-refractivity contribution in [3.05, 3.63) is 52.7 Å². The zero-order valence-electron chi connectivity index (χ0n) is 9.30. The van der Waals surface area contributed by atoms with Crippen molar-refractivity contribution in [1.82, 2.24) is 19.6 Å². The van der Waals surface area contributed by atoms with E-state index in [1.165, 1.54) is 0 Å². The van der Waals surface area contributed by atoms with Crippen molar-refractivity contribution >= 4 is 21.4 Å². The molecule has 90 valence electrons. The minimum atomic E-state index is -0.286. The van der Waals surface area contributed by atoms with Crippen molar-refractivity contribution in [3.63, 3.8) is 0 Å². The maximum Gasteiger partial charge on any atom is 0.348 e. The number of fused-ring (bicyclic) bond motifs is 1. The summed E-state index contributed by atoms with van der Waals surface area (Å²) >= 11 is 3.37. The van der Waals surface area contributed by atoms with Crippen LogP contribution in [-0.4, -0.2) is 19.6 Å². The molecule has 1 aromatic carbocycles. The highest BCUT2D eigenvalue weighted by Gasteiger charge is 2.13. The molecule has 0 spiro atoms. The summed E-state index contributed by atoms with van der Waals surface area (Å²) in [6, 6.07) is 9.61. The van der Waals surface area contributed by atoms with E-state index in [9.17, 15) is 4.79 Å². The Kier molecular flexibility index (Phi) is 2.71. The molecule has 0 aliphatic rings. The average molecular weight is 305 g/mol. The monoisotopic (exact) mass is 304 g/mol. The van der Waals surface area contributed by atoms with Gasteiger partial charge in [0.1, 0.15) is 5.82 Å². The van der Waals surface area contributed by atoms with Crippen molar-refractivity contribution in [1.29, 1.82) is 0 Å². The van der Waals surface area contributed by atoms with E-state index in [4.69, 9.17) is 0 Å². The highest BCUT2D eigenvalue weighted by atomic mass is 79.9. The summed E-state index contributed by atoms with van der Waals surface area (Å²) in [6.07, 6.45) is 1.61. The van der Waals surface area contributed by atoms with Crippen LogP contribution >= 0.6 is 15.9 Å². The van der Waals surface area contributed by atoms with Gasteiger partial charge >= 0.3 is 5.69 Å². The Hall–Kier alpha value is -1.95. The molecule has 0 radical (unpaired) electrons. The molecule has 5 nitrogen and oxygen atoms in total. The topological polar surface area (TPSA) is 63.0 Å². The van der Waals surface area contributed by atoms with E-state index in [0.29, 0.717) is 11.2 Å². The number of H-pyrrole nitrogens is 1. The minimum Gasteiger partial charge on any atom is -0.246 e. The fourth-order valence-corrected chi connectivity index (χ4v) is 2.31. The number of nitrogens with zero attached hydrogens (tertiary/aromatic N) is 3. The van der Waals surface area contributed by atoms with E-state index in [0.717, 1.165) is 16.8 Å². The van der Waals surface area contributed by atoms with Gasteiger partial charge in [0.25, 0.3) is 0 Å². The predicted octanol–water partition coefficient (Wildman–Crippen LogP) is 1.98. The van der Waals surface area contributed by atoms with Gasteiger partial charge in [0.05, 0.1) is 17.4 Å². The molecule has 0 saturated heterocycles. The lowest BCUT2D eigenvalue weighted by Crippen LogP contribution is -2.17. The molecule has 3 aromatic rings. The van der Waals surface area contributed by atoms with Crippen LogP contribution in [0.5, 0.6) is 0 Å². The molecule has 1 N–H and O–H groups in total. The summed E-state index contributed by atoms with van der Waals surface area (Å²) in [5, 5.41) is 6.81. The van der Waals surface area contributed by atoms with E-state index < -0.39 is 0 Å². The summed E-state index contributed by atoms with van der Waals surface area (Å²) in [5.41, 5.74) is 2.13. The van der Waals surface area contributed by atoms with Gasteiger partial charge in [0.2, 0.25) is 0 Å². The van der Waals surface area contributed by atoms with Gasteiger partial charge in [-0.25, -0.2) is 19.3 Å². The first-order chi connectivity index (χ1) is 8.81. The Morgan fingerprint density at radius 1 is 1.28 bits per heavy atom. The summed E-state index contributed by atoms with van der Waals surface area (Å²) in [5.74, 6) is 0.628. The SMILES string of the molecule is O=c1[nH]ncc2c(CBr)nc(-c3ccccc3)n12. The van der Waals surface area contributed by atoms with Gasteiger partial charge in [-0.2, -0.15) is 5.10 Å². The molecule has 0 aliphatic heterocycles. The Morgan fingerprint density at radius 2 is 2.06 bits per heavy atom. The quantitative estimate of drug-likeness (QED) is 0.736. The molecule has 6 heteroatoms. The lowest BCUT2D eigenvalue weighted by atomic mass is 10.2. The van der Waals surface area contributed by atoms with Crippen LogP contribution in [0.25, 0.3) is 16.9 Å². The Balaban J connectivity index is 2.40. The smallest absolute Gasteiger partial charge is 0.246 e. The molecule has 0 aliphatic carbocycles. The summed E-state index contributed by atoms with van der Waals surface area (Å²) < 4.78 is 1.54. The molecule has 2 aromatic heterocycles. The second-order valence-electron chi connectivity index (χ2n) is 3.78. The van der Waals surface area contributed by atoms with Crippen molar-refractivity contribution < 1.29 is 0 Å². The molecular formula is C12H9BrN4O. The van der Waals surface area contributed by atoms with Crippen molar-refractivity contribution in [2.75, 3.05) is 0 Å². The number of halogens is 1. The van der Waals surface area contributed by atoms with Gasteiger partial charge in [-0.3, -0.25) is 0 Å². The molecule has 0 bridgehead atoms. The number of imidazole rings is 1. The van der Waals surface area contributed by atoms with Crippen molar-refractivity contribution in [2.24, 2.45) is 0 Å². The van der Waals surface area contributed by atoms with Gasteiger partial charge in [-0.05, 0) is 0 Å². The standard InChI is InChI=1S/C12H9BrN4O/c13-6-9-10-7-14-16-12(18)17(10)11(15-9)8-4-2-1-3-5-8/h1-5,7H,6H2,(H,16,18). The molecule has 0 fully saturated rings. The second kappa shape index (κ2) is 4.38. The van der Waals surface area contributed by atoms with Crippen LogP contribution in [0.15, 0.2) is 41.3 Å². The number of alkyl halides is 1. The minimum absolute atomic E-state index is 0.286. The molecule has 0 saturated carbocycles. The van der Waals surface area contributed by atoms with Crippen molar-refractivity contribution in [2.45, 2.75) is 5.33 Å². The molecule has 0 unspecified atom stereocenters. The van der Waals surface area contributed by atoms with E-state index in [2.05, 4.69) is 31.1 Å². The summed E-state index contributed by atoms with van der Waals surface area (Å²) in [6.45, 7) is 0. The van der Waals surface area contributed by atoms with Crippen molar-refractivity contribution in [3.8, 4) is 11.4 Å². The van der Waals surface area contributed by atoms with Crippen LogP contribution in [0, 0.1) is 0 Å². The second-order valence-corrected chi connectivity index (χ2v) is 4.34. The lowest BCUT2D eigenvalue weighted by molar-refractivity contribution is 0.889. The molecule has 0 amide bonds. The Morgan fingerprint density at radius 3 is 2.78 bits per heavy atom. The van der Waals surface area contributed by atoms with Gasteiger partial charge in [-0.1, -0.05) is 46.3 Å². The molecular weight excluding hydrogens is 296 g/mol. The normalized spacial score (nSPS) is 10.9. The average Bonchev–Trinajstić information content (AvgIpc) is 2.80. The van der Waals surface area contributed by atoms with Crippen LogP contribution in [0.2, 0.25) is 0 Å². The number of nitrogens with one attached hydrogen (secondary N) is 1. The first-order valence-corrected chi connectivity index (χ1v) is 6.50. The van der Waals surface area contributed by atoms with Crippen LogP contribution in [0.3, 0.4) is 0 Å². The molecule has 18 heavy (non-hydrogen) atoms. The molecule has 0 atom stereocenters. The third-order valence-corrected chi connectivity index (χ3v) is 3.23. The zero-order chi connectivity index (χ0) is 12.5. The highest BCUT2D eigenvalue weighted by molar-refractivity contribution is 9.08. The third-order valence-electron chi connectivity index (χ3n) is 2.70. The number of aromatic nitrogens is 4. The largest absolute Gasteiger partial charge is 0.348 e. The van der Waals surface area contributed by atoms with Gasteiger partial charge < -0.3 is 0 Å². The fraction of sp³-hybridized carbons (Fsp3) is 0.0833. The maximum absolute atomic E-state index is 11.9. The Bertz CT molecular complexity index is 748. The number of benzene rings is 1. The van der Waals surface area contributed by atoms with Gasteiger partial charge in [0.15, 0.2) is 0 Å². The summed E-state index contributed by atoms with van der Waals surface area (Å²) in [7, 11) is 0.